The molecule has 0 amide bonds. The van der Waals surface area contributed by atoms with Gasteiger partial charge in [-0.3, -0.25) is 4.79 Å². The second-order valence-corrected chi connectivity index (χ2v) is 3.30. The molecule has 1 heterocycles. The molecule has 1 fully saturated rings. The summed E-state index contributed by atoms with van der Waals surface area (Å²) in [6, 6.07) is 0. The minimum atomic E-state index is -1.60. The van der Waals surface area contributed by atoms with Crippen LogP contribution in [-0.4, -0.2) is 63.7 Å². The molecule has 5 atom stereocenters. The fourth-order valence-corrected chi connectivity index (χ4v) is 1.40. The molecule has 0 bridgehead atoms. The molecular formula is C8H14O7. The van der Waals surface area contributed by atoms with Crippen molar-refractivity contribution in [2.45, 2.75) is 37.6 Å². The number of ether oxygens (including phenoxy) is 2. The number of aliphatic hydroxyl groups excluding tert-OH is 4. The first kappa shape index (κ1) is 12.3. The summed E-state index contributed by atoms with van der Waals surface area (Å²) in [4.78, 5) is 10.7. The Hall–Kier alpha value is -0.730. The first-order valence-corrected chi connectivity index (χ1v) is 4.45. The zero-order chi connectivity index (χ0) is 11.6. The van der Waals surface area contributed by atoms with E-state index in [1.165, 1.54) is 0 Å². The highest BCUT2D eigenvalue weighted by Crippen LogP contribution is 2.22. The van der Waals surface area contributed by atoms with Gasteiger partial charge in [-0.05, 0) is 0 Å². The van der Waals surface area contributed by atoms with E-state index in [-0.39, 0.29) is 0 Å². The Balaban J connectivity index is 2.74. The molecule has 0 spiro atoms. The average molecular weight is 222 g/mol. The molecule has 0 saturated carbocycles. The molecule has 1 saturated heterocycles. The van der Waals surface area contributed by atoms with Gasteiger partial charge in [0.25, 0.3) is 0 Å². The molecule has 1 aliphatic heterocycles. The number of aliphatic hydroxyl groups is 4. The van der Waals surface area contributed by atoms with E-state index in [1.807, 2.05) is 0 Å². The molecule has 0 aromatic heterocycles. The monoisotopic (exact) mass is 222 g/mol. The molecule has 0 radical (unpaired) electrons. The van der Waals surface area contributed by atoms with E-state index in [1.54, 1.807) is 0 Å². The van der Waals surface area contributed by atoms with Crippen molar-refractivity contribution < 1.29 is 34.7 Å². The van der Waals surface area contributed by atoms with Crippen molar-refractivity contribution in [1.82, 2.24) is 0 Å². The van der Waals surface area contributed by atoms with E-state index in [9.17, 15) is 20.1 Å². The van der Waals surface area contributed by atoms with Crippen molar-refractivity contribution in [3.05, 3.63) is 0 Å². The zero-order valence-electron chi connectivity index (χ0n) is 8.11. The first-order valence-electron chi connectivity index (χ1n) is 4.45. The maximum absolute atomic E-state index is 10.7. The summed E-state index contributed by atoms with van der Waals surface area (Å²) in [6.07, 6.45) is -6.91. The van der Waals surface area contributed by atoms with Crippen molar-refractivity contribution in [3.8, 4) is 0 Å². The minimum absolute atomic E-state index is 0.553. The third kappa shape index (κ3) is 2.64. The van der Waals surface area contributed by atoms with Gasteiger partial charge in [0.15, 0.2) is 12.4 Å². The van der Waals surface area contributed by atoms with E-state index in [0.717, 1.165) is 6.92 Å². The van der Waals surface area contributed by atoms with Crippen molar-refractivity contribution in [2.24, 2.45) is 0 Å². The number of hydrogen-bond donors (Lipinski definition) is 4. The molecule has 1 unspecified atom stereocenters. The van der Waals surface area contributed by atoms with E-state index in [0.29, 0.717) is 0 Å². The highest BCUT2D eigenvalue weighted by Gasteiger charge is 2.45. The van der Waals surface area contributed by atoms with E-state index in [2.05, 4.69) is 9.47 Å². The standard InChI is InChI=1S/C8H14O7/c1-3(10)14-7-5(11)4(2-9)15-8(13)6(7)12/h4-9,11-13H,2H2,1H3/t4-,5+,6-,7+,8?/m1/s1. The molecule has 1 rings (SSSR count). The normalized spacial score (nSPS) is 41.3. The van der Waals surface area contributed by atoms with Gasteiger partial charge in [-0.2, -0.15) is 0 Å². The van der Waals surface area contributed by atoms with Crippen LogP contribution in [0.25, 0.3) is 0 Å². The van der Waals surface area contributed by atoms with Crippen LogP contribution in [0.15, 0.2) is 0 Å². The van der Waals surface area contributed by atoms with Gasteiger partial charge in [-0.1, -0.05) is 0 Å². The second-order valence-electron chi connectivity index (χ2n) is 3.30. The molecule has 15 heavy (non-hydrogen) atoms. The predicted octanol–water partition coefficient (Wildman–Crippen LogP) is -2.65. The number of carbonyl (C=O) groups is 1. The highest BCUT2D eigenvalue weighted by molar-refractivity contribution is 5.66. The van der Waals surface area contributed by atoms with Gasteiger partial charge in [0.2, 0.25) is 0 Å². The third-order valence-electron chi connectivity index (χ3n) is 2.14. The fourth-order valence-electron chi connectivity index (χ4n) is 1.40. The van der Waals surface area contributed by atoms with Crippen LogP contribution in [0.3, 0.4) is 0 Å². The van der Waals surface area contributed by atoms with Gasteiger partial charge in [-0.15, -0.1) is 0 Å². The summed E-state index contributed by atoms with van der Waals surface area (Å²) < 4.78 is 9.31. The second kappa shape index (κ2) is 4.86. The van der Waals surface area contributed by atoms with E-state index < -0.39 is 43.3 Å². The maximum Gasteiger partial charge on any atom is 0.303 e. The van der Waals surface area contributed by atoms with Crippen molar-refractivity contribution in [3.63, 3.8) is 0 Å². The Morgan fingerprint density at radius 3 is 2.40 bits per heavy atom. The zero-order valence-corrected chi connectivity index (χ0v) is 8.11. The first-order chi connectivity index (χ1) is 6.97. The average Bonchev–Trinajstić information content (AvgIpc) is 2.18. The highest BCUT2D eigenvalue weighted by atomic mass is 16.7. The summed E-state index contributed by atoms with van der Waals surface area (Å²) in [5.74, 6) is -0.705. The Kier molecular flexibility index (Phi) is 4.00. The minimum Gasteiger partial charge on any atom is -0.457 e. The van der Waals surface area contributed by atoms with Crippen molar-refractivity contribution >= 4 is 5.97 Å². The molecular weight excluding hydrogens is 208 g/mol. The van der Waals surface area contributed by atoms with Crippen molar-refractivity contribution in [1.29, 1.82) is 0 Å². The lowest BCUT2D eigenvalue weighted by atomic mass is 9.99. The van der Waals surface area contributed by atoms with Gasteiger partial charge in [-0.25, -0.2) is 0 Å². The number of hydrogen-bond acceptors (Lipinski definition) is 7. The number of esters is 1. The summed E-state index contributed by atoms with van der Waals surface area (Å²) in [7, 11) is 0. The van der Waals surface area contributed by atoms with E-state index >= 15 is 0 Å². The van der Waals surface area contributed by atoms with Crippen LogP contribution in [-0.2, 0) is 14.3 Å². The van der Waals surface area contributed by atoms with Gasteiger partial charge >= 0.3 is 5.97 Å². The molecule has 0 aromatic rings. The molecule has 7 heteroatoms. The summed E-state index contributed by atoms with van der Waals surface area (Å²) in [5, 5.41) is 36.9. The van der Waals surface area contributed by atoms with Crippen LogP contribution in [0.5, 0.6) is 0 Å². The van der Waals surface area contributed by atoms with Crippen LogP contribution < -0.4 is 0 Å². The molecule has 88 valence electrons. The van der Waals surface area contributed by atoms with Gasteiger partial charge < -0.3 is 29.9 Å². The molecule has 4 N–H and O–H groups in total. The lowest BCUT2D eigenvalue weighted by Crippen LogP contribution is -2.59. The van der Waals surface area contributed by atoms with E-state index in [4.69, 9.17) is 5.11 Å². The Morgan fingerprint density at radius 2 is 1.93 bits per heavy atom. The number of rotatable bonds is 2. The molecule has 0 aliphatic carbocycles. The number of carbonyl (C=O) groups excluding carboxylic acids is 1. The summed E-state index contributed by atoms with van der Waals surface area (Å²) in [5.41, 5.74) is 0. The topological polar surface area (TPSA) is 116 Å². The van der Waals surface area contributed by atoms with Gasteiger partial charge in [0, 0.05) is 6.92 Å². The molecule has 7 nitrogen and oxygen atoms in total. The predicted molar refractivity (Wildman–Crippen MR) is 45.5 cm³/mol. The summed E-state index contributed by atoms with van der Waals surface area (Å²) >= 11 is 0. The fraction of sp³-hybridized carbons (Fsp3) is 0.875. The van der Waals surface area contributed by atoms with Crippen LogP contribution in [0.4, 0.5) is 0 Å². The molecule has 0 aromatic carbocycles. The van der Waals surface area contributed by atoms with Gasteiger partial charge in [0.05, 0.1) is 6.61 Å². The largest absolute Gasteiger partial charge is 0.457 e. The van der Waals surface area contributed by atoms with Crippen molar-refractivity contribution in [2.75, 3.05) is 6.61 Å². The Bertz CT molecular complexity index is 231. The third-order valence-corrected chi connectivity index (χ3v) is 2.14. The maximum atomic E-state index is 10.7. The Labute approximate surface area is 85.9 Å². The molecule has 1 aliphatic rings. The lowest BCUT2D eigenvalue weighted by molar-refractivity contribution is -0.289. The SMILES string of the molecule is CC(=O)O[C@H]1[C@@H](O)[C@@H](CO)OC(O)[C@@H]1O. The van der Waals surface area contributed by atoms with Crippen LogP contribution in [0, 0.1) is 0 Å². The smallest absolute Gasteiger partial charge is 0.303 e. The Morgan fingerprint density at radius 1 is 1.33 bits per heavy atom. The van der Waals surface area contributed by atoms with Crippen LogP contribution in [0.1, 0.15) is 6.92 Å². The summed E-state index contributed by atoms with van der Waals surface area (Å²) in [6.45, 7) is 0.554. The van der Waals surface area contributed by atoms with Crippen LogP contribution >= 0.6 is 0 Å². The quantitative estimate of drug-likeness (QED) is 0.377. The lowest BCUT2D eigenvalue weighted by Gasteiger charge is -2.39. The van der Waals surface area contributed by atoms with Crippen LogP contribution in [0.2, 0.25) is 0 Å². The van der Waals surface area contributed by atoms with Gasteiger partial charge in [0.1, 0.15) is 18.3 Å².